The number of thiol groups is 1. The van der Waals surface area contributed by atoms with E-state index in [1.165, 1.54) is 20.8 Å². The minimum absolute atomic E-state index is 0.00650. The highest BCUT2D eigenvalue weighted by Crippen LogP contribution is 2.18. The molecule has 0 heterocycles. The summed E-state index contributed by atoms with van der Waals surface area (Å²) < 4.78 is 0. The van der Waals surface area contributed by atoms with Gasteiger partial charge in [-0.3, -0.25) is 76.9 Å². The molecule has 2 aromatic carbocycles. The average molecular weight is 1820 g/mol. The summed E-state index contributed by atoms with van der Waals surface area (Å²) in [5.74, 6) is -17.4. The standard InChI is InChI=1S/C87H147N21O19S/c1-16-50(11)68(107-81(121)65(45-128)103-79(119)61(39-46(3)4)99-78(118)63(41-48(7)8)102-85(125)70(53(14)109)104-66(111)44-94-73(113)57(90)42-55-29-20-18-21-30-55)83(123)95-52(13)72(112)106-69(51(12)17-2)84(124)105-67(49(9)10)82(122)101-62(40-47(5)6)77(117)98-60(35-28-38-93-87(91)92)75(115)100-64(43-56-31-22-19-23-32-56)80(120)97-58(33-24-26-36-88)74(114)96-59(34-25-27-37-89)76(116)108-71(54(15)110)86(126)127/h18-23,29-32,46-54,57-65,67-71,109-110,128H,16-17,24-28,33-45,88-90H2,1-15H3,(H,94,113)(H,95,123)(H,96,114)(H,97,120)(H,98,117)(H,99,118)(H,100,115)(H,101,122)(H,102,125)(H,103,119)(H,104,111)(H,105,124)(H,106,112)(H,107,121)(H,108,116)(H,126,127)(H4,91,92,93)/t50-,51-,52-,53+,54+,57-,58-,59-,60-,61-,62-,63-,64-,65-,67-,68-,69-,70-,71-/m0/s1. The number of benzene rings is 2. The third-order valence-corrected chi connectivity index (χ3v) is 21.6. The Balaban J connectivity index is 2.44. The Morgan fingerprint density at radius 2 is 0.711 bits per heavy atom. The number of aliphatic hydroxyl groups is 2. The number of carbonyl (C=O) groups is 16. The molecule has 28 N–H and O–H groups in total. The number of aliphatic imine (C=N–C) groups is 1. The normalized spacial score (nSPS) is 15.8. The number of nitrogens with two attached hydrogens (primary N) is 5. The smallest absolute Gasteiger partial charge is 0.328 e. The second-order valence-electron chi connectivity index (χ2n) is 34.3. The van der Waals surface area contributed by atoms with Crippen LogP contribution in [0.1, 0.15) is 198 Å². The molecule has 0 aliphatic carbocycles. The number of guanidine groups is 1. The minimum atomic E-state index is -1.73. The third kappa shape index (κ3) is 42.1. The van der Waals surface area contributed by atoms with Gasteiger partial charge in [-0.2, -0.15) is 12.6 Å². The summed E-state index contributed by atoms with van der Waals surface area (Å²) >= 11 is 4.36. The van der Waals surface area contributed by atoms with Gasteiger partial charge in [-0.25, -0.2) is 4.79 Å². The van der Waals surface area contributed by atoms with Crippen molar-refractivity contribution in [2.45, 2.75) is 303 Å². The lowest BCUT2D eigenvalue weighted by Gasteiger charge is -2.31. The number of amides is 15. The van der Waals surface area contributed by atoms with Gasteiger partial charge in [0, 0.05) is 18.7 Å². The molecule has 0 aromatic heterocycles. The number of hydrogen-bond acceptors (Lipinski definition) is 23. The van der Waals surface area contributed by atoms with E-state index in [4.69, 9.17) is 28.7 Å². The lowest BCUT2D eigenvalue weighted by molar-refractivity contribution is -0.145. The molecule has 41 heteroatoms. The van der Waals surface area contributed by atoms with E-state index < -0.39 is 222 Å². The number of hydrogen-bond donors (Lipinski definition) is 24. The summed E-state index contributed by atoms with van der Waals surface area (Å²) in [6.45, 7) is 24.3. The Hall–Kier alpha value is -10.6. The fraction of sp³-hybridized carbons (Fsp3) is 0.667. The van der Waals surface area contributed by atoms with E-state index in [0.29, 0.717) is 44.1 Å². The van der Waals surface area contributed by atoms with Gasteiger partial charge in [-0.05, 0) is 158 Å². The number of aliphatic hydroxyl groups excluding tert-OH is 2. The number of carboxylic acids is 1. The number of unbranched alkanes of at least 4 members (excludes halogenated alkanes) is 2. The molecular weight excluding hydrogens is 1680 g/mol. The molecule has 0 aliphatic heterocycles. The average Bonchev–Trinajstić information content (AvgIpc) is 0.838. The predicted molar refractivity (Wildman–Crippen MR) is 487 cm³/mol. The molecule has 0 saturated carbocycles. The SMILES string of the molecule is CC[C@H](C)[C@H](NC(=O)[C@H](C)NC(=O)[C@@H](NC(=O)[C@H](CS)NC(=O)[C@H](CC(C)C)NC(=O)[C@H](CC(C)C)NC(=O)[C@@H](NC(=O)CNC(=O)[C@@H](N)Cc1ccccc1)[C@@H](C)O)[C@@H](C)CC)C(=O)N[C@H](C(=O)N[C@@H](CC(C)C)C(=O)N[C@@H](CCCN=C(N)N)C(=O)N[C@@H](Cc1ccccc1)C(=O)N[C@@H](CCCCN)C(=O)N[C@@H](CCCCN)C(=O)N[C@H](C(=O)O)[C@@H](C)O)C(C)C. The topological polar surface area (TPSA) is 657 Å². The van der Waals surface area contributed by atoms with Crippen molar-refractivity contribution in [1.82, 2.24) is 79.8 Å². The molecule has 40 nitrogen and oxygen atoms in total. The van der Waals surface area contributed by atoms with Crippen molar-refractivity contribution in [2.24, 2.45) is 69.2 Å². The second-order valence-corrected chi connectivity index (χ2v) is 34.7. The molecule has 0 spiro atoms. The van der Waals surface area contributed by atoms with E-state index in [9.17, 15) is 92.0 Å². The van der Waals surface area contributed by atoms with Crippen molar-refractivity contribution in [1.29, 1.82) is 0 Å². The first kappa shape index (κ1) is 113. The van der Waals surface area contributed by atoms with Crippen LogP contribution in [-0.2, 0) is 89.6 Å². The zero-order valence-electron chi connectivity index (χ0n) is 76.8. The zero-order chi connectivity index (χ0) is 96.8. The molecule has 0 unspecified atom stereocenters. The summed E-state index contributed by atoms with van der Waals surface area (Å²) in [5.41, 5.74) is 30.3. The first-order chi connectivity index (χ1) is 60.2. The number of carbonyl (C=O) groups excluding carboxylic acids is 15. The maximum atomic E-state index is 14.9. The van der Waals surface area contributed by atoms with Gasteiger partial charge in [0.25, 0.3) is 0 Å². The Morgan fingerprint density at radius 3 is 1.11 bits per heavy atom. The second kappa shape index (κ2) is 59.5. The number of rotatable bonds is 61. The van der Waals surface area contributed by atoms with E-state index in [1.54, 1.807) is 144 Å². The van der Waals surface area contributed by atoms with Crippen molar-refractivity contribution in [3.8, 4) is 0 Å². The van der Waals surface area contributed by atoms with Gasteiger partial charge in [0.2, 0.25) is 88.6 Å². The third-order valence-electron chi connectivity index (χ3n) is 21.3. The van der Waals surface area contributed by atoms with Crippen molar-refractivity contribution in [2.75, 3.05) is 31.9 Å². The molecule has 128 heavy (non-hydrogen) atoms. The van der Waals surface area contributed by atoms with Crippen LogP contribution in [0.5, 0.6) is 0 Å². The highest BCUT2D eigenvalue weighted by molar-refractivity contribution is 7.80. The Kier molecular flexibility index (Phi) is 52.7. The Labute approximate surface area is 757 Å². The molecule has 0 aliphatic rings. The summed E-state index contributed by atoms with van der Waals surface area (Å²) in [7, 11) is 0. The lowest BCUT2D eigenvalue weighted by atomic mass is 9.95. The maximum absolute atomic E-state index is 14.9. The maximum Gasteiger partial charge on any atom is 0.328 e. The van der Waals surface area contributed by atoms with Gasteiger partial charge in [-0.15, -0.1) is 0 Å². The zero-order valence-corrected chi connectivity index (χ0v) is 77.7. The Bertz CT molecular complexity index is 3920. The van der Waals surface area contributed by atoms with Crippen LogP contribution in [0, 0.1) is 35.5 Å². The largest absolute Gasteiger partial charge is 0.480 e. The van der Waals surface area contributed by atoms with Crippen molar-refractivity contribution in [3.05, 3.63) is 71.8 Å². The van der Waals surface area contributed by atoms with E-state index in [2.05, 4.69) is 97.4 Å². The quantitative estimate of drug-likeness (QED) is 0.0143. The van der Waals surface area contributed by atoms with Crippen molar-refractivity contribution in [3.63, 3.8) is 0 Å². The van der Waals surface area contributed by atoms with Crippen LogP contribution in [0.25, 0.3) is 0 Å². The highest BCUT2D eigenvalue weighted by atomic mass is 32.1. The summed E-state index contributed by atoms with van der Waals surface area (Å²) in [4.78, 5) is 229. The summed E-state index contributed by atoms with van der Waals surface area (Å²) in [6.07, 6.45) is -0.986. The van der Waals surface area contributed by atoms with Crippen LogP contribution in [0.3, 0.4) is 0 Å². The van der Waals surface area contributed by atoms with Crippen LogP contribution in [0.4, 0.5) is 0 Å². The van der Waals surface area contributed by atoms with Gasteiger partial charge < -0.3 is 124 Å². The Morgan fingerprint density at radius 1 is 0.375 bits per heavy atom. The first-order valence-electron chi connectivity index (χ1n) is 44.2. The molecule has 0 radical (unpaired) electrons. The van der Waals surface area contributed by atoms with Gasteiger partial charge in [-0.1, -0.05) is 157 Å². The van der Waals surface area contributed by atoms with Crippen LogP contribution in [-0.4, -0.2) is 251 Å². The fourth-order valence-corrected chi connectivity index (χ4v) is 13.7. The van der Waals surface area contributed by atoms with Crippen LogP contribution < -0.4 is 108 Å². The van der Waals surface area contributed by atoms with Gasteiger partial charge >= 0.3 is 5.97 Å². The monoisotopic (exact) mass is 1820 g/mol. The van der Waals surface area contributed by atoms with Crippen LogP contribution >= 0.6 is 12.6 Å². The molecule has 2 aromatic rings. The molecule has 0 fully saturated rings. The minimum Gasteiger partial charge on any atom is -0.480 e. The highest BCUT2D eigenvalue weighted by Gasteiger charge is 2.41. The number of nitrogens with one attached hydrogen (secondary N) is 15. The van der Waals surface area contributed by atoms with Crippen molar-refractivity contribution >= 4 is 113 Å². The molecule has 720 valence electrons. The molecule has 19 atom stereocenters. The number of nitrogens with zero attached hydrogens (tertiary/aromatic N) is 1. The van der Waals surface area contributed by atoms with Gasteiger partial charge in [0.15, 0.2) is 12.0 Å². The predicted octanol–water partition coefficient (Wildman–Crippen LogP) is -2.30. The first-order valence-corrected chi connectivity index (χ1v) is 44.9. The van der Waals surface area contributed by atoms with E-state index in [-0.39, 0.29) is 107 Å². The number of aliphatic carboxylic acids is 1. The molecule has 0 bridgehead atoms. The van der Waals surface area contributed by atoms with E-state index >= 15 is 0 Å². The van der Waals surface area contributed by atoms with Gasteiger partial charge in [0.1, 0.15) is 78.5 Å². The van der Waals surface area contributed by atoms with Crippen molar-refractivity contribution < 1.29 is 92.0 Å². The van der Waals surface area contributed by atoms with Crippen LogP contribution in [0.15, 0.2) is 65.7 Å². The molecule has 15 amide bonds. The molecule has 2 rings (SSSR count). The summed E-state index contributed by atoms with van der Waals surface area (Å²) in [6, 6.07) is -3.43. The molecular formula is C87H147N21O19S. The van der Waals surface area contributed by atoms with Gasteiger partial charge in [0.05, 0.1) is 24.8 Å². The fourth-order valence-electron chi connectivity index (χ4n) is 13.4. The number of carboxylic acid groups (broad SMARTS) is 1. The summed E-state index contributed by atoms with van der Waals surface area (Å²) in [5, 5.41) is 69.9. The van der Waals surface area contributed by atoms with E-state index in [1.807, 2.05) is 0 Å². The van der Waals surface area contributed by atoms with Crippen LogP contribution in [0.2, 0.25) is 0 Å². The lowest BCUT2D eigenvalue weighted by Crippen LogP contribution is -2.62. The molecule has 0 saturated heterocycles. The van der Waals surface area contributed by atoms with E-state index in [0.717, 1.165) is 5.56 Å².